The van der Waals surface area contributed by atoms with E-state index in [0.717, 1.165) is 0 Å². The van der Waals surface area contributed by atoms with Crippen LogP contribution in [0.1, 0.15) is 5.56 Å². The number of phenols is 1. The second-order valence-electron chi connectivity index (χ2n) is 7.27. The Bertz CT molecular complexity index is 1010. The second-order valence-corrected chi connectivity index (χ2v) is 7.27. The summed E-state index contributed by atoms with van der Waals surface area (Å²) in [6, 6.07) is 4.76. The number of benzene rings is 1. The van der Waals surface area contributed by atoms with Crippen molar-refractivity contribution >= 4 is 18.0 Å². The number of hydrogen-bond donors (Lipinski definition) is 1. The lowest BCUT2D eigenvalue weighted by Crippen LogP contribution is -2.43. The molecule has 1 spiro atoms. The van der Waals surface area contributed by atoms with Crippen LogP contribution >= 0.6 is 0 Å². The Morgan fingerprint density at radius 2 is 2.14 bits per heavy atom. The minimum Gasteiger partial charge on any atom is -0.504 e. The molecule has 1 aromatic carbocycles. The van der Waals surface area contributed by atoms with Gasteiger partial charge < -0.3 is 28.8 Å². The van der Waals surface area contributed by atoms with Gasteiger partial charge in [-0.05, 0) is 29.8 Å². The Morgan fingerprint density at radius 1 is 1.31 bits per heavy atom. The average Bonchev–Trinajstić information content (AvgIpc) is 3.33. The van der Waals surface area contributed by atoms with E-state index in [1.54, 1.807) is 24.3 Å². The molecule has 5 rings (SSSR count). The molecule has 3 aliphatic heterocycles. The van der Waals surface area contributed by atoms with E-state index in [9.17, 15) is 14.7 Å². The first-order valence-corrected chi connectivity index (χ1v) is 9.09. The van der Waals surface area contributed by atoms with Gasteiger partial charge in [-0.3, -0.25) is 0 Å². The van der Waals surface area contributed by atoms with Gasteiger partial charge in [-0.25, -0.2) is 9.59 Å². The molecule has 0 aromatic heterocycles. The normalized spacial score (nSPS) is 34.9. The highest BCUT2D eigenvalue weighted by atomic mass is 16.7. The van der Waals surface area contributed by atoms with Crippen molar-refractivity contribution in [1.82, 2.24) is 0 Å². The molecule has 4 aliphatic rings. The minimum atomic E-state index is -1.03. The summed E-state index contributed by atoms with van der Waals surface area (Å²) in [7, 11) is 2.75. The third kappa shape index (κ3) is 2.35. The van der Waals surface area contributed by atoms with E-state index < -0.39 is 29.9 Å². The third-order valence-electron chi connectivity index (χ3n) is 5.87. The summed E-state index contributed by atoms with van der Waals surface area (Å²) in [4.78, 5) is 24.8. The maximum atomic E-state index is 12.7. The lowest BCUT2D eigenvalue weighted by atomic mass is 9.78. The number of phenolic OH excluding ortho intramolecular Hbond substituents is 1. The zero-order valence-corrected chi connectivity index (χ0v) is 15.7. The first-order chi connectivity index (χ1) is 14.0. The fourth-order valence-corrected chi connectivity index (χ4v) is 4.57. The number of methoxy groups -OCH3 is 2. The van der Waals surface area contributed by atoms with Crippen LogP contribution in [0.15, 0.2) is 47.8 Å². The topological polar surface area (TPSA) is 101 Å². The van der Waals surface area contributed by atoms with Gasteiger partial charge in [-0.1, -0.05) is 12.1 Å². The van der Waals surface area contributed by atoms with Crippen molar-refractivity contribution in [2.75, 3.05) is 14.2 Å². The summed E-state index contributed by atoms with van der Waals surface area (Å²) < 4.78 is 27.4. The molecule has 150 valence electrons. The Balaban J connectivity index is 1.52. The molecular formula is C21H18O8. The molecule has 0 bridgehead atoms. The van der Waals surface area contributed by atoms with Gasteiger partial charge in [0.05, 0.1) is 37.5 Å². The van der Waals surface area contributed by atoms with Crippen molar-refractivity contribution in [3.05, 3.63) is 53.3 Å². The Hall–Kier alpha value is -3.26. The quantitative estimate of drug-likeness (QED) is 0.467. The van der Waals surface area contributed by atoms with Crippen LogP contribution in [0.5, 0.6) is 11.5 Å². The number of ether oxygens (including phenoxy) is 5. The van der Waals surface area contributed by atoms with Gasteiger partial charge in [-0.15, -0.1) is 0 Å². The van der Waals surface area contributed by atoms with Crippen molar-refractivity contribution in [3.63, 3.8) is 0 Å². The average molecular weight is 398 g/mol. The van der Waals surface area contributed by atoms with Gasteiger partial charge >= 0.3 is 11.9 Å². The number of esters is 2. The molecule has 1 aliphatic carbocycles. The smallest absolute Gasteiger partial charge is 0.337 e. The molecule has 1 N–H and O–H groups in total. The van der Waals surface area contributed by atoms with Crippen LogP contribution in [-0.2, 0) is 28.5 Å². The zero-order chi connectivity index (χ0) is 20.3. The Kier molecular flexibility index (Phi) is 3.76. The lowest BCUT2D eigenvalue weighted by molar-refractivity contribution is -0.152. The maximum Gasteiger partial charge on any atom is 0.337 e. The van der Waals surface area contributed by atoms with E-state index in [0.29, 0.717) is 16.7 Å². The van der Waals surface area contributed by atoms with Crippen molar-refractivity contribution < 1.29 is 38.4 Å². The van der Waals surface area contributed by atoms with Crippen LogP contribution in [0.3, 0.4) is 0 Å². The highest BCUT2D eigenvalue weighted by Crippen LogP contribution is 2.58. The predicted octanol–water partition coefficient (Wildman–Crippen LogP) is 1.69. The molecule has 1 unspecified atom stereocenters. The van der Waals surface area contributed by atoms with Crippen molar-refractivity contribution in [1.29, 1.82) is 0 Å². The SMILES string of the molecule is COC(=O)C1=CO[C@H]2O[C@@H]3/C(=C\c4ccc(O)c(OC)c4)C(=O)O[C@@]34C=CC1[C@H]24. The molecule has 8 nitrogen and oxygen atoms in total. The first kappa shape index (κ1) is 17.8. The largest absolute Gasteiger partial charge is 0.504 e. The molecule has 5 atom stereocenters. The molecule has 3 heterocycles. The highest BCUT2D eigenvalue weighted by Gasteiger charge is 2.70. The summed E-state index contributed by atoms with van der Waals surface area (Å²) in [5.74, 6) is -1.41. The number of carbonyl (C=O) groups is 2. The van der Waals surface area contributed by atoms with E-state index in [4.69, 9.17) is 23.7 Å². The van der Waals surface area contributed by atoms with E-state index in [1.807, 2.05) is 6.08 Å². The van der Waals surface area contributed by atoms with Crippen molar-refractivity contribution in [2.45, 2.75) is 18.0 Å². The first-order valence-electron chi connectivity index (χ1n) is 9.09. The molecule has 0 amide bonds. The van der Waals surface area contributed by atoms with Gasteiger partial charge in [0.2, 0.25) is 6.29 Å². The van der Waals surface area contributed by atoms with Gasteiger partial charge in [-0.2, -0.15) is 0 Å². The van der Waals surface area contributed by atoms with Gasteiger partial charge in [0, 0.05) is 5.92 Å². The third-order valence-corrected chi connectivity index (χ3v) is 5.87. The molecule has 8 heteroatoms. The van der Waals surface area contributed by atoms with Crippen molar-refractivity contribution in [3.8, 4) is 11.5 Å². The number of carbonyl (C=O) groups excluding carboxylic acids is 2. The Morgan fingerprint density at radius 3 is 2.90 bits per heavy atom. The molecule has 29 heavy (non-hydrogen) atoms. The molecule has 0 radical (unpaired) electrons. The fraction of sp³-hybridized carbons (Fsp3) is 0.333. The second kappa shape index (κ2) is 6.12. The highest BCUT2D eigenvalue weighted by molar-refractivity contribution is 5.99. The fourth-order valence-electron chi connectivity index (χ4n) is 4.57. The lowest BCUT2D eigenvalue weighted by Gasteiger charge is -2.32. The summed E-state index contributed by atoms with van der Waals surface area (Å²) in [6.07, 6.45) is 5.30. The van der Waals surface area contributed by atoms with E-state index in [2.05, 4.69) is 0 Å². The van der Waals surface area contributed by atoms with Gasteiger partial charge in [0.25, 0.3) is 0 Å². The van der Waals surface area contributed by atoms with Crippen LogP contribution < -0.4 is 4.74 Å². The number of hydrogen-bond acceptors (Lipinski definition) is 8. The minimum absolute atomic E-state index is 0.000336. The van der Waals surface area contributed by atoms with Crippen LogP contribution in [-0.4, -0.2) is 49.3 Å². The molecule has 2 fully saturated rings. The molecule has 0 saturated carbocycles. The molecule has 2 saturated heterocycles. The van der Waals surface area contributed by atoms with Crippen LogP contribution in [0.4, 0.5) is 0 Å². The summed E-state index contributed by atoms with van der Waals surface area (Å²) in [6.45, 7) is 0. The van der Waals surface area contributed by atoms with Gasteiger partial charge in [0.15, 0.2) is 17.1 Å². The van der Waals surface area contributed by atoms with E-state index in [-0.39, 0.29) is 23.3 Å². The van der Waals surface area contributed by atoms with Crippen LogP contribution in [0.25, 0.3) is 6.08 Å². The zero-order valence-electron chi connectivity index (χ0n) is 15.7. The number of allylic oxidation sites excluding steroid dienone is 1. The van der Waals surface area contributed by atoms with Crippen molar-refractivity contribution in [2.24, 2.45) is 11.8 Å². The standard InChI is InChI=1S/C21H18O8/c1-25-15-8-10(3-4-14(15)22)7-12-17-21(29-19(12)24)6-5-11-13(18(23)26-2)9-27-20(28-17)16(11)21/h3-9,11,16-17,20,22H,1-2H3/b12-7+/t11?,16-,17-,20+,21-/m1/s1. The van der Waals surface area contributed by atoms with Crippen LogP contribution in [0, 0.1) is 11.8 Å². The monoisotopic (exact) mass is 398 g/mol. The summed E-state index contributed by atoms with van der Waals surface area (Å²) in [5, 5.41) is 9.78. The van der Waals surface area contributed by atoms with E-state index in [1.165, 1.54) is 26.5 Å². The number of rotatable bonds is 3. The predicted molar refractivity (Wildman–Crippen MR) is 97.4 cm³/mol. The van der Waals surface area contributed by atoms with Crippen LogP contribution in [0.2, 0.25) is 0 Å². The Labute approximate surface area is 165 Å². The summed E-state index contributed by atoms with van der Waals surface area (Å²) in [5.41, 5.74) is 0.311. The molecular weight excluding hydrogens is 380 g/mol. The summed E-state index contributed by atoms with van der Waals surface area (Å²) >= 11 is 0. The van der Waals surface area contributed by atoms with E-state index >= 15 is 0 Å². The molecule has 1 aromatic rings. The maximum absolute atomic E-state index is 12.7. The van der Waals surface area contributed by atoms with Gasteiger partial charge in [0.1, 0.15) is 6.10 Å². The number of aromatic hydroxyl groups is 1.